The van der Waals surface area contributed by atoms with E-state index in [1.807, 2.05) is 6.07 Å². The second-order valence-electron chi connectivity index (χ2n) is 4.12. The zero-order valence-corrected chi connectivity index (χ0v) is 10.9. The van der Waals surface area contributed by atoms with E-state index in [1.54, 1.807) is 26.0 Å². The summed E-state index contributed by atoms with van der Waals surface area (Å²) >= 11 is 0. The predicted molar refractivity (Wildman–Crippen MR) is 73.7 cm³/mol. The minimum absolute atomic E-state index is 0.315. The van der Waals surface area contributed by atoms with Gasteiger partial charge in [-0.25, -0.2) is 14.8 Å². The molecule has 19 heavy (non-hydrogen) atoms. The SMILES string of the molecule is CCOC(=O)C(C)Nc1ncnc2cc(N)ccc12. The molecule has 0 aliphatic heterocycles. The van der Waals surface area contributed by atoms with Crippen molar-refractivity contribution < 1.29 is 9.53 Å². The zero-order valence-electron chi connectivity index (χ0n) is 10.9. The molecule has 0 saturated carbocycles. The number of benzene rings is 1. The lowest BCUT2D eigenvalue weighted by atomic mass is 10.2. The summed E-state index contributed by atoms with van der Waals surface area (Å²) in [5.41, 5.74) is 7.07. The molecule has 1 aromatic carbocycles. The quantitative estimate of drug-likeness (QED) is 0.640. The Bertz CT molecular complexity index is 600. The van der Waals surface area contributed by atoms with E-state index in [2.05, 4.69) is 15.3 Å². The first-order chi connectivity index (χ1) is 9.11. The molecule has 2 aromatic rings. The molecular formula is C13H16N4O2. The standard InChI is InChI=1S/C13H16N4O2/c1-3-19-13(18)8(2)17-12-10-5-4-9(14)6-11(10)15-7-16-12/h4-8H,3,14H2,1-2H3,(H,15,16,17). The van der Waals surface area contributed by atoms with Crippen molar-refractivity contribution >= 4 is 28.4 Å². The molecule has 6 nitrogen and oxygen atoms in total. The van der Waals surface area contributed by atoms with Crippen LogP contribution in [0.3, 0.4) is 0 Å². The lowest BCUT2D eigenvalue weighted by molar-refractivity contribution is -0.143. The van der Waals surface area contributed by atoms with Crippen LogP contribution in [0.1, 0.15) is 13.8 Å². The minimum atomic E-state index is -0.476. The maximum absolute atomic E-state index is 11.6. The van der Waals surface area contributed by atoms with Crippen molar-refractivity contribution in [1.82, 2.24) is 9.97 Å². The first-order valence-electron chi connectivity index (χ1n) is 6.05. The van der Waals surface area contributed by atoms with E-state index < -0.39 is 6.04 Å². The van der Waals surface area contributed by atoms with E-state index in [0.717, 1.165) is 10.9 Å². The summed E-state index contributed by atoms with van der Waals surface area (Å²) in [7, 11) is 0. The normalized spacial score (nSPS) is 12.1. The highest BCUT2D eigenvalue weighted by Gasteiger charge is 2.15. The van der Waals surface area contributed by atoms with Gasteiger partial charge in [-0.3, -0.25) is 0 Å². The number of rotatable bonds is 4. The van der Waals surface area contributed by atoms with Gasteiger partial charge in [-0.05, 0) is 32.0 Å². The summed E-state index contributed by atoms with van der Waals surface area (Å²) in [5, 5.41) is 3.84. The Morgan fingerprint density at radius 3 is 3.00 bits per heavy atom. The molecule has 3 N–H and O–H groups in total. The van der Waals surface area contributed by atoms with Gasteiger partial charge in [-0.2, -0.15) is 0 Å². The van der Waals surface area contributed by atoms with Crippen molar-refractivity contribution in [3.8, 4) is 0 Å². The smallest absolute Gasteiger partial charge is 0.328 e. The number of fused-ring (bicyclic) bond motifs is 1. The van der Waals surface area contributed by atoms with Crippen LogP contribution in [0.25, 0.3) is 10.9 Å². The third-order valence-electron chi connectivity index (χ3n) is 2.65. The van der Waals surface area contributed by atoms with E-state index in [9.17, 15) is 4.79 Å². The minimum Gasteiger partial charge on any atom is -0.464 e. The van der Waals surface area contributed by atoms with Gasteiger partial charge in [0.25, 0.3) is 0 Å². The summed E-state index contributed by atoms with van der Waals surface area (Å²) in [4.78, 5) is 19.9. The van der Waals surface area contributed by atoms with Crippen molar-refractivity contribution in [3.05, 3.63) is 24.5 Å². The van der Waals surface area contributed by atoms with Gasteiger partial charge < -0.3 is 15.8 Å². The number of nitrogen functional groups attached to an aromatic ring is 1. The number of hydrogen-bond acceptors (Lipinski definition) is 6. The molecule has 1 atom stereocenters. The molecular weight excluding hydrogens is 244 g/mol. The number of nitrogens with zero attached hydrogens (tertiary/aromatic N) is 2. The van der Waals surface area contributed by atoms with Gasteiger partial charge in [0.1, 0.15) is 18.2 Å². The number of ether oxygens (including phenoxy) is 1. The number of aromatic nitrogens is 2. The zero-order chi connectivity index (χ0) is 13.8. The van der Waals surface area contributed by atoms with E-state index in [4.69, 9.17) is 10.5 Å². The predicted octanol–water partition coefficient (Wildman–Crippen LogP) is 1.58. The van der Waals surface area contributed by atoms with E-state index >= 15 is 0 Å². The van der Waals surface area contributed by atoms with Crippen molar-refractivity contribution in [2.24, 2.45) is 0 Å². The Morgan fingerprint density at radius 2 is 2.26 bits per heavy atom. The fourth-order valence-corrected chi connectivity index (χ4v) is 1.72. The first-order valence-corrected chi connectivity index (χ1v) is 6.05. The number of carbonyl (C=O) groups is 1. The molecule has 0 bridgehead atoms. The number of anilines is 2. The van der Waals surface area contributed by atoms with Gasteiger partial charge in [-0.15, -0.1) is 0 Å². The molecule has 0 spiro atoms. The second kappa shape index (κ2) is 5.51. The van der Waals surface area contributed by atoms with Crippen LogP contribution in [0.2, 0.25) is 0 Å². The molecule has 0 fully saturated rings. The monoisotopic (exact) mass is 260 g/mol. The Kier molecular flexibility index (Phi) is 3.79. The summed E-state index contributed by atoms with van der Waals surface area (Å²) in [5.74, 6) is 0.273. The highest BCUT2D eigenvalue weighted by molar-refractivity contribution is 5.92. The summed E-state index contributed by atoms with van der Waals surface area (Å²) in [6.45, 7) is 3.85. The Balaban J connectivity index is 2.28. The molecule has 2 rings (SSSR count). The average Bonchev–Trinajstić information content (AvgIpc) is 2.38. The van der Waals surface area contributed by atoms with Crippen LogP contribution >= 0.6 is 0 Å². The number of hydrogen-bond donors (Lipinski definition) is 2. The molecule has 0 aliphatic carbocycles. The Morgan fingerprint density at radius 1 is 1.47 bits per heavy atom. The van der Waals surface area contributed by atoms with Crippen LogP contribution in [0, 0.1) is 0 Å². The highest BCUT2D eigenvalue weighted by Crippen LogP contribution is 2.21. The Hall–Kier alpha value is -2.37. The van der Waals surface area contributed by atoms with E-state index in [-0.39, 0.29) is 5.97 Å². The highest BCUT2D eigenvalue weighted by atomic mass is 16.5. The molecule has 100 valence electrons. The van der Waals surface area contributed by atoms with Gasteiger partial charge in [0, 0.05) is 11.1 Å². The van der Waals surface area contributed by atoms with Crippen LogP contribution in [0.4, 0.5) is 11.5 Å². The molecule has 0 radical (unpaired) electrons. The van der Waals surface area contributed by atoms with Gasteiger partial charge in [0.2, 0.25) is 0 Å². The summed E-state index contributed by atoms with van der Waals surface area (Å²) < 4.78 is 4.94. The van der Waals surface area contributed by atoms with Crippen molar-refractivity contribution in [2.45, 2.75) is 19.9 Å². The van der Waals surface area contributed by atoms with Crippen molar-refractivity contribution in [2.75, 3.05) is 17.7 Å². The van der Waals surface area contributed by atoms with Crippen LogP contribution in [-0.2, 0) is 9.53 Å². The third kappa shape index (κ3) is 2.90. The second-order valence-corrected chi connectivity index (χ2v) is 4.12. The van der Waals surface area contributed by atoms with Crippen LogP contribution in [0.15, 0.2) is 24.5 Å². The summed E-state index contributed by atoms with van der Waals surface area (Å²) in [6, 6.07) is 4.88. The van der Waals surface area contributed by atoms with Crippen LogP contribution in [-0.4, -0.2) is 28.6 Å². The molecule has 0 saturated heterocycles. The Labute approximate surface area is 111 Å². The van der Waals surface area contributed by atoms with Gasteiger partial charge in [-0.1, -0.05) is 0 Å². The van der Waals surface area contributed by atoms with Crippen molar-refractivity contribution in [1.29, 1.82) is 0 Å². The molecule has 1 aromatic heterocycles. The average molecular weight is 260 g/mol. The number of nitrogens with one attached hydrogen (secondary N) is 1. The number of carbonyl (C=O) groups excluding carboxylic acids is 1. The van der Waals surface area contributed by atoms with Gasteiger partial charge >= 0.3 is 5.97 Å². The largest absolute Gasteiger partial charge is 0.464 e. The molecule has 6 heteroatoms. The number of esters is 1. The maximum Gasteiger partial charge on any atom is 0.328 e. The van der Waals surface area contributed by atoms with Gasteiger partial charge in [0.15, 0.2) is 0 Å². The van der Waals surface area contributed by atoms with Crippen LogP contribution in [0.5, 0.6) is 0 Å². The fourth-order valence-electron chi connectivity index (χ4n) is 1.72. The molecule has 1 heterocycles. The maximum atomic E-state index is 11.6. The van der Waals surface area contributed by atoms with E-state index in [1.165, 1.54) is 6.33 Å². The van der Waals surface area contributed by atoms with E-state index in [0.29, 0.717) is 18.1 Å². The topological polar surface area (TPSA) is 90.1 Å². The van der Waals surface area contributed by atoms with Crippen molar-refractivity contribution in [3.63, 3.8) is 0 Å². The molecule has 1 unspecified atom stereocenters. The lowest BCUT2D eigenvalue weighted by Gasteiger charge is -2.14. The summed E-state index contributed by atoms with van der Waals surface area (Å²) in [6.07, 6.45) is 1.43. The molecule has 0 amide bonds. The molecule has 0 aliphatic rings. The first kappa shape index (κ1) is 13.1. The van der Waals surface area contributed by atoms with Gasteiger partial charge in [0.05, 0.1) is 12.1 Å². The third-order valence-corrected chi connectivity index (χ3v) is 2.65. The van der Waals surface area contributed by atoms with Crippen LogP contribution < -0.4 is 11.1 Å². The fraction of sp³-hybridized carbons (Fsp3) is 0.308. The lowest BCUT2D eigenvalue weighted by Crippen LogP contribution is -2.28. The number of nitrogens with two attached hydrogens (primary N) is 1.